The highest BCUT2D eigenvalue weighted by atomic mass is 32.1. The minimum atomic E-state index is -0.393. The summed E-state index contributed by atoms with van der Waals surface area (Å²) < 4.78 is 15.6. The highest BCUT2D eigenvalue weighted by Crippen LogP contribution is 2.37. The van der Waals surface area contributed by atoms with Crippen LogP contribution < -0.4 is 4.90 Å². The number of β-amino-alcohol motifs (C(OH)–C–C–N with tert-alkyl or cyclic N) is 1. The molecular weight excluding hydrogens is 553 g/mol. The van der Waals surface area contributed by atoms with Gasteiger partial charge < -0.3 is 14.9 Å². The molecule has 1 amide bonds. The topological polar surface area (TPSA) is 101 Å². The van der Waals surface area contributed by atoms with E-state index in [0.717, 1.165) is 49.5 Å². The number of rotatable bonds is 7. The molecule has 42 heavy (non-hydrogen) atoms. The van der Waals surface area contributed by atoms with Gasteiger partial charge in [-0.2, -0.15) is 5.26 Å². The molecule has 0 bridgehead atoms. The number of nitriles is 1. The van der Waals surface area contributed by atoms with E-state index in [1.54, 1.807) is 17.0 Å². The SMILES string of the molecule is CCc1nc2ccc(C3CCN(CC(=O)N4CC[C@H](O)C4)CC3)cn2c1N(C)c1nc(-c2ccc(F)cc2)c(C#N)s1. The summed E-state index contributed by atoms with van der Waals surface area (Å²) in [7, 11) is 1.94. The lowest BCUT2D eigenvalue weighted by Crippen LogP contribution is -2.42. The maximum atomic E-state index is 13.5. The van der Waals surface area contributed by atoms with Gasteiger partial charge in [0.2, 0.25) is 5.91 Å². The molecule has 1 N–H and O–H groups in total. The molecule has 0 saturated carbocycles. The van der Waals surface area contributed by atoms with Crippen molar-refractivity contribution in [1.29, 1.82) is 5.26 Å². The number of aryl methyl sites for hydroxylation is 1. The maximum Gasteiger partial charge on any atom is 0.236 e. The predicted molar refractivity (Wildman–Crippen MR) is 160 cm³/mol. The summed E-state index contributed by atoms with van der Waals surface area (Å²) in [5.41, 5.74) is 4.26. The zero-order valence-corrected chi connectivity index (χ0v) is 24.6. The number of benzene rings is 1. The van der Waals surface area contributed by atoms with Crippen LogP contribution in [0.4, 0.5) is 15.3 Å². The largest absolute Gasteiger partial charge is 0.391 e. The lowest BCUT2D eigenvalue weighted by atomic mass is 9.90. The van der Waals surface area contributed by atoms with Gasteiger partial charge >= 0.3 is 0 Å². The summed E-state index contributed by atoms with van der Waals surface area (Å²) in [5, 5.41) is 20.2. The van der Waals surface area contributed by atoms with E-state index in [-0.39, 0.29) is 11.7 Å². The molecule has 0 spiro atoms. The summed E-state index contributed by atoms with van der Waals surface area (Å²) in [6, 6.07) is 12.5. The number of imidazole rings is 1. The van der Waals surface area contributed by atoms with Gasteiger partial charge in [0.25, 0.3) is 0 Å². The van der Waals surface area contributed by atoms with Crippen LogP contribution in [-0.2, 0) is 11.2 Å². The number of thiazole rings is 1. The van der Waals surface area contributed by atoms with Crippen LogP contribution in [0.25, 0.3) is 16.9 Å². The van der Waals surface area contributed by atoms with Crippen LogP contribution in [0.3, 0.4) is 0 Å². The average Bonchev–Trinajstić information content (AvgIpc) is 3.73. The van der Waals surface area contributed by atoms with E-state index in [9.17, 15) is 19.6 Å². The molecule has 218 valence electrons. The smallest absolute Gasteiger partial charge is 0.236 e. The van der Waals surface area contributed by atoms with Gasteiger partial charge in [-0.3, -0.25) is 14.1 Å². The Labute approximate surface area is 248 Å². The summed E-state index contributed by atoms with van der Waals surface area (Å²) in [4.78, 5) is 28.8. The van der Waals surface area contributed by atoms with Crippen molar-refractivity contribution in [3.8, 4) is 17.3 Å². The molecule has 2 aliphatic rings. The number of carbonyl (C=O) groups is 1. The van der Waals surface area contributed by atoms with Gasteiger partial charge in [0, 0.05) is 31.9 Å². The second-order valence-electron chi connectivity index (χ2n) is 11.1. The molecule has 9 nitrogen and oxygen atoms in total. The fraction of sp³-hybridized carbons (Fsp3) is 0.419. The molecule has 11 heteroatoms. The summed E-state index contributed by atoms with van der Waals surface area (Å²) >= 11 is 1.31. The number of hydrogen-bond donors (Lipinski definition) is 1. The molecule has 2 saturated heterocycles. The monoisotopic (exact) mass is 587 g/mol. The van der Waals surface area contributed by atoms with E-state index in [1.165, 1.54) is 29.0 Å². The first kappa shape index (κ1) is 28.3. The zero-order valence-electron chi connectivity index (χ0n) is 23.8. The van der Waals surface area contributed by atoms with Crippen LogP contribution >= 0.6 is 11.3 Å². The summed E-state index contributed by atoms with van der Waals surface area (Å²) in [6.45, 7) is 5.28. The quantitative estimate of drug-likeness (QED) is 0.338. The molecular formula is C31H34FN7O2S. The molecule has 3 aromatic heterocycles. The molecule has 4 aromatic rings. The third-order valence-corrected chi connectivity index (χ3v) is 9.43. The third kappa shape index (κ3) is 5.50. The Bertz CT molecular complexity index is 1640. The van der Waals surface area contributed by atoms with Crippen LogP contribution in [0.5, 0.6) is 0 Å². The van der Waals surface area contributed by atoms with Crippen LogP contribution in [0.2, 0.25) is 0 Å². The van der Waals surface area contributed by atoms with Crippen LogP contribution in [-0.4, -0.2) is 81.1 Å². The second-order valence-corrected chi connectivity index (χ2v) is 12.1. The Morgan fingerprint density at radius 3 is 2.57 bits per heavy atom. The molecule has 0 radical (unpaired) electrons. The van der Waals surface area contributed by atoms with E-state index in [1.807, 2.05) is 11.9 Å². The number of halogens is 1. The fourth-order valence-electron chi connectivity index (χ4n) is 6.04. The number of aromatic nitrogens is 3. The lowest BCUT2D eigenvalue weighted by molar-refractivity contribution is -0.132. The molecule has 0 aliphatic carbocycles. The summed E-state index contributed by atoms with van der Waals surface area (Å²) in [5.74, 6) is 1.05. The first-order chi connectivity index (χ1) is 20.3. The van der Waals surface area contributed by atoms with Crippen molar-refractivity contribution >= 4 is 33.8 Å². The first-order valence-electron chi connectivity index (χ1n) is 14.4. The van der Waals surface area contributed by atoms with Crippen molar-refractivity contribution in [3.05, 3.63) is 64.5 Å². The van der Waals surface area contributed by atoms with Gasteiger partial charge in [-0.25, -0.2) is 14.4 Å². The molecule has 0 unspecified atom stereocenters. The highest BCUT2D eigenvalue weighted by molar-refractivity contribution is 7.16. The van der Waals surface area contributed by atoms with E-state index < -0.39 is 6.10 Å². The molecule has 1 atom stereocenters. The highest BCUT2D eigenvalue weighted by Gasteiger charge is 2.28. The number of piperidine rings is 1. The van der Waals surface area contributed by atoms with Gasteiger partial charge in [-0.1, -0.05) is 24.3 Å². The molecule has 2 aliphatic heterocycles. The molecule has 2 fully saturated rings. The standard InChI is InChI=1S/C31H34FN7O2S/c1-3-25-30(36(2)31-35-29(26(16-33)42-31)21-4-7-23(32)8-5-21)39-17-22(6-9-27(39)34-25)20-10-13-37(14-11-20)19-28(41)38-15-12-24(40)18-38/h4-9,17,20,24,40H,3,10-15,18-19H2,1-2H3/t24-/m0/s1. The molecule has 5 heterocycles. The minimum Gasteiger partial charge on any atom is -0.391 e. The fourth-order valence-corrected chi connectivity index (χ4v) is 6.89. The number of aliphatic hydroxyl groups excluding tert-OH is 1. The van der Waals surface area contributed by atoms with Gasteiger partial charge in [0.05, 0.1) is 18.3 Å². The Balaban J connectivity index is 1.22. The Morgan fingerprint density at radius 2 is 1.90 bits per heavy atom. The first-order valence-corrected chi connectivity index (χ1v) is 15.3. The number of anilines is 2. The van der Waals surface area contributed by atoms with Crippen molar-refractivity contribution < 1.29 is 14.3 Å². The van der Waals surface area contributed by atoms with Crippen LogP contribution in [0.1, 0.15) is 48.2 Å². The number of carbonyl (C=O) groups excluding carboxylic acids is 1. The Hall–Kier alpha value is -3.85. The number of fused-ring (bicyclic) bond motifs is 1. The average molecular weight is 588 g/mol. The minimum absolute atomic E-state index is 0.105. The van der Waals surface area contributed by atoms with E-state index >= 15 is 0 Å². The van der Waals surface area contributed by atoms with Crippen molar-refractivity contribution in [2.24, 2.45) is 0 Å². The normalized spacial score (nSPS) is 18.1. The van der Waals surface area contributed by atoms with Crippen molar-refractivity contribution in [1.82, 2.24) is 24.2 Å². The number of hydrogen-bond acceptors (Lipinski definition) is 8. The number of pyridine rings is 1. The van der Waals surface area contributed by atoms with Gasteiger partial charge in [-0.05, 0) is 80.6 Å². The molecule has 1 aromatic carbocycles. The second kappa shape index (κ2) is 11.8. The predicted octanol–water partition coefficient (Wildman–Crippen LogP) is 4.57. The Kier molecular flexibility index (Phi) is 7.94. The van der Waals surface area contributed by atoms with Crippen LogP contribution in [0.15, 0.2) is 42.6 Å². The third-order valence-electron chi connectivity index (χ3n) is 8.39. The number of aliphatic hydroxyl groups is 1. The van der Waals surface area contributed by atoms with E-state index in [0.29, 0.717) is 53.2 Å². The van der Waals surface area contributed by atoms with Gasteiger partial charge in [0.15, 0.2) is 5.13 Å². The number of likely N-dealkylation sites (tertiary alicyclic amines) is 2. The summed E-state index contributed by atoms with van der Waals surface area (Å²) in [6.07, 6.45) is 5.10. The van der Waals surface area contributed by atoms with Crippen LogP contribution in [0, 0.1) is 17.1 Å². The van der Waals surface area contributed by atoms with Crippen molar-refractivity contribution in [2.75, 3.05) is 44.7 Å². The number of nitrogens with zero attached hydrogens (tertiary/aromatic N) is 7. The molecule has 6 rings (SSSR count). The van der Waals surface area contributed by atoms with Gasteiger partial charge in [0.1, 0.15) is 33.9 Å². The van der Waals surface area contributed by atoms with E-state index in [4.69, 9.17) is 9.97 Å². The van der Waals surface area contributed by atoms with Crippen molar-refractivity contribution in [2.45, 2.75) is 44.6 Å². The Morgan fingerprint density at radius 1 is 1.14 bits per heavy atom. The van der Waals surface area contributed by atoms with Gasteiger partial charge in [-0.15, -0.1) is 0 Å². The number of amides is 1. The van der Waals surface area contributed by atoms with Crippen molar-refractivity contribution in [3.63, 3.8) is 0 Å². The van der Waals surface area contributed by atoms with E-state index in [2.05, 4.69) is 40.6 Å². The lowest BCUT2D eigenvalue weighted by Gasteiger charge is -2.32. The zero-order chi connectivity index (χ0) is 29.4. The maximum absolute atomic E-state index is 13.5.